The van der Waals surface area contributed by atoms with Crippen LogP contribution in [0.3, 0.4) is 0 Å². The van der Waals surface area contributed by atoms with E-state index < -0.39 is 10.0 Å². The van der Waals surface area contributed by atoms with Gasteiger partial charge in [0.05, 0.1) is 10.5 Å². The quantitative estimate of drug-likeness (QED) is 0.646. The Morgan fingerprint density at radius 2 is 2.00 bits per heavy atom. The van der Waals surface area contributed by atoms with Crippen molar-refractivity contribution in [2.75, 3.05) is 19.6 Å². The third kappa shape index (κ3) is 4.85. The number of hydrogen-bond acceptors (Lipinski definition) is 4. The van der Waals surface area contributed by atoms with Crippen molar-refractivity contribution < 1.29 is 13.2 Å². The van der Waals surface area contributed by atoms with Gasteiger partial charge in [-0.2, -0.15) is 0 Å². The van der Waals surface area contributed by atoms with Crippen LogP contribution in [0.5, 0.6) is 0 Å². The van der Waals surface area contributed by atoms with E-state index in [4.69, 9.17) is 0 Å². The number of benzene rings is 1. The zero-order valence-electron chi connectivity index (χ0n) is 15.0. The molecule has 1 aliphatic carbocycles. The molecule has 0 bridgehead atoms. The number of halogens is 1. The first-order chi connectivity index (χ1) is 12.4. The number of amides is 1. The molecule has 144 valence electrons. The highest BCUT2D eigenvalue weighted by molar-refractivity contribution is 9.10. The lowest BCUT2D eigenvalue weighted by Gasteiger charge is -2.26. The number of nitrogens with one attached hydrogen (secondary N) is 2. The topological polar surface area (TPSA) is 78.5 Å². The van der Waals surface area contributed by atoms with Crippen molar-refractivity contribution >= 4 is 31.9 Å². The van der Waals surface area contributed by atoms with E-state index >= 15 is 0 Å². The summed E-state index contributed by atoms with van der Waals surface area (Å²) in [5, 5.41) is 2.97. The van der Waals surface area contributed by atoms with E-state index in [-0.39, 0.29) is 16.8 Å². The summed E-state index contributed by atoms with van der Waals surface area (Å²) in [7, 11) is -3.58. The maximum Gasteiger partial charge on any atom is 0.252 e. The summed E-state index contributed by atoms with van der Waals surface area (Å²) in [6, 6.07) is 4.94. The SMILES string of the molecule is CC[C@H](CNC(=O)c1cc(S(=O)(=O)NC2CC2)ccc1Br)N1CCCC1. The van der Waals surface area contributed by atoms with Crippen LogP contribution in [-0.4, -0.2) is 50.9 Å². The summed E-state index contributed by atoms with van der Waals surface area (Å²) >= 11 is 3.36. The Bertz CT molecular complexity index is 759. The van der Waals surface area contributed by atoms with Crippen LogP contribution in [0.2, 0.25) is 0 Å². The number of hydrogen-bond donors (Lipinski definition) is 2. The van der Waals surface area contributed by atoms with E-state index in [0.717, 1.165) is 32.4 Å². The monoisotopic (exact) mass is 443 g/mol. The van der Waals surface area contributed by atoms with Gasteiger partial charge in [0, 0.05) is 23.1 Å². The number of nitrogens with zero attached hydrogens (tertiary/aromatic N) is 1. The van der Waals surface area contributed by atoms with E-state index in [1.165, 1.54) is 25.0 Å². The van der Waals surface area contributed by atoms with Gasteiger partial charge in [-0.05, 0) is 79.3 Å². The minimum atomic E-state index is -3.58. The lowest BCUT2D eigenvalue weighted by Crippen LogP contribution is -2.42. The Morgan fingerprint density at radius 1 is 1.31 bits per heavy atom. The summed E-state index contributed by atoms with van der Waals surface area (Å²) in [4.78, 5) is 15.2. The Kier molecular flexibility index (Phi) is 6.37. The van der Waals surface area contributed by atoms with Crippen LogP contribution in [0.25, 0.3) is 0 Å². The molecule has 1 amide bonds. The van der Waals surface area contributed by atoms with Gasteiger partial charge in [-0.3, -0.25) is 9.69 Å². The summed E-state index contributed by atoms with van der Waals surface area (Å²) < 4.78 is 28.0. The van der Waals surface area contributed by atoms with Crippen LogP contribution < -0.4 is 10.0 Å². The number of likely N-dealkylation sites (tertiary alicyclic amines) is 1. The van der Waals surface area contributed by atoms with Gasteiger partial charge in [0.1, 0.15) is 0 Å². The lowest BCUT2D eigenvalue weighted by atomic mass is 10.1. The molecule has 1 saturated carbocycles. The van der Waals surface area contributed by atoms with Crippen molar-refractivity contribution in [2.24, 2.45) is 0 Å². The molecule has 2 N–H and O–H groups in total. The summed E-state index contributed by atoms with van der Waals surface area (Å²) in [6.07, 6.45) is 5.14. The maximum atomic E-state index is 12.6. The van der Waals surface area contributed by atoms with Gasteiger partial charge in [-0.1, -0.05) is 6.92 Å². The van der Waals surface area contributed by atoms with E-state index in [1.54, 1.807) is 6.07 Å². The van der Waals surface area contributed by atoms with E-state index in [2.05, 4.69) is 37.8 Å². The molecule has 1 aliphatic heterocycles. The van der Waals surface area contributed by atoms with E-state index in [9.17, 15) is 13.2 Å². The van der Waals surface area contributed by atoms with Crippen LogP contribution in [-0.2, 0) is 10.0 Å². The van der Waals surface area contributed by atoms with Crippen molar-refractivity contribution in [3.05, 3.63) is 28.2 Å². The molecule has 1 saturated heterocycles. The predicted molar refractivity (Wildman–Crippen MR) is 105 cm³/mol. The molecular weight excluding hydrogens is 418 g/mol. The molecule has 0 spiro atoms. The second kappa shape index (κ2) is 8.37. The molecule has 0 unspecified atom stereocenters. The number of rotatable bonds is 8. The first-order valence-corrected chi connectivity index (χ1v) is 11.5. The van der Waals surface area contributed by atoms with E-state index in [1.807, 2.05) is 0 Å². The molecule has 0 aromatic heterocycles. The lowest BCUT2D eigenvalue weighted by molar-refractivity contribution is 0.0936. The Balaban J connectivity index is 1.68. The summed E-state index contributed by atoms with van der Waals surface area (Å²) in [5.41, 5.74) is 0.347. The zero-order valence-corrected chi connectivity index (χ0v) is 17.4. The van der Waals surface area contributed by atoms with Crippen molar-refractivity contribution in [1.82, 2.24) is 14.9 Å². The number of carbonyl (C=O) groups excluding carboxylic acids is 1. The zero-order chi connectivity index (χ0) is 18.7. The van der Waals surface area contributed by atoms with Gasteiger partial charge in [0.2, 0.25) is 10.0 Å². The van der Waals surface area contributed by atoms with Crippen molar-refractivity contribution in [3.63, 3.8) is 0 Å². The molecule has 1 aromatic carbocycles. The molecule has 2 aliphatic rings. The second-order valence-corrected chi connectivity index (χ2v) is 9.62. The van der Waals surface area contributed by atoms with Crippen LogP contribution >= 0.6 is 15.9 Å². The molecule has 1 aromatic rings. The standard InChI is InChI=1S/C18H26BrN3O3S/c1-2-14(22-9-3-4-10-22)12-20-18(23)16-11-15(7-8-17(16)19)26(24,25)21-13-5-6-13/h7-8,11,13-14,21H,2-6,9-10,12H2,1H3,(H,20,23)/t14-/m1/s1. The van der Waals surface area contributed by atoms with Crippen LogP contribution in [0.1, 0.15) is 49.4 Å². The third-order valence-electron chi connectivity index (χ3n) is 5.02. The third-order valence-corrected chi connectivity index (χ3v) is 7.23. The molecule has 0 radical (unpaired) electrons. The highest BCUT2D eigenvalue weighted by atomic mass is 79.9. The van der Waals surface area contributed by atoms with Gasteiger partial charge in [0.15, 0.2) is 0 Å². The fourth-order valence-corrected chi connectivity index (χ4v) is 5.04. The Labute approximate surface area is 163 Å². The molecule has 26 heavy (non-hydrogen) atoms. The normalized spacial score (nSPS) is 19.5. The smallest absolute Gasteiger partial charge is 0.252 e. The van der Waals surface area contributed by atoms with Gasteiger partial charge >= 0.3 is 0 Å². The van der Waals surface area contributed by atoms with Crippen LogP contribution in [0, 0.1) is 0 Å². The van der Waals surface area contributed by atoms with Crippen molar-refractivity contribution in [1.29, 1.82) is 0 Å². The molecule has 1 heterocycles. The molecule has 6 nitrogen and oxygen atoms in total. The van der Waals surface area contributed by atoms with Crippen LogP contribution in [0.4, 0.5) is 0 Å². The summed E-state index contributed by atoms with van der Waals surface area (Å²) in [5.74, 6) is -0.252. The minimum absolute atomic E-state index is 0.0340. The Morgan fingerprint density at radius 3 is 2.62 bits per heavy atom. The highest BCUT2D eigenvalue weighted by Crippen LogP contribution is 2.25. The molecule has 1 atom stereocenters. The second-order valence-electron chi connectivity index (χ2n) is 7.05. The number of sulfonamides is 1. The fourth-order valence-electron chi connectivity index (χ4n) is 3.28. The predicted octanol–water partition coefficient (Wildman–Crippen LogP) is 2.49. The minimum Gasteiger partial charge on any atom is -0.350 e. The van der Waals surface area contributed by atoms with Crippen molar-refractivity contribution in [3.8, 4) is 0 Å². The average molecular weight is 444 g/mol. The highest BCUT2D eigenvalue weighted by Gasteiger charge is 2.29. The average Bonchev–Trinajstić information content (AvgIpc) is 3.24. The molecule has 2 fully saturated rings. The first kappa shape index (κ1) is 19.8. The van der Waals surface area contributed by atoms with Gasteiger partial charge in [-0.15, -0.1) is 0 Å². The van der Waals surface area contributed by atoms with E-state index in [0.29, 0.717) is 22.6 Å². The fraction of sp³-hybridized carbons (Fsp3) is 0.611. The maximum absolute atomic E-state index is 12.6. The summed E-state index contributed by atoms with van der Waals surface area (Å²) in [6.45, 7) is 4.86. The molecule has 3 rings (SSSR count). The van der Waals surface area contributed by atoms with Crippen LogP contribution in [0.15, 0.2) is 27.6 Å². The number of carbonyl (C=O) groups is 1. The molecule has 8 heteroatoms. The van der Waals surface area contributed by atoms with Crippen molar-refractivity contribution in [2.45, 2.75) is 56.0 Å². The first-order valence-electron chi connectivity index (χ1n) is 9.25. The Hall–Kier alpha value is -0.960. The molecular formula is C18H26BrN3O3S. The van der Waals surface area contributed by atoms with Gasteiger partial charge in [0.25, 0.3) is 5.91 Å². The van der Waals surface area contributed by atoms with Gasteiger partial charge < -0.3 is 5.32 Å². The van der Waals surface area contributed by atoms with Gasteiger partial charge in [-0.25, -0.2) is 13.1 Å². The largest absolute Gasteiger partial charge is 0.350 e.